The summed E-state index contributed by atoms with van der Waals surface area (Å²) in [7, 11) is 3.30. The highest BCUT2D eigenvalue weighted by atomic mass is 127. The van der Waals surface area contributed by atoms with Crippen molar-refractivity contribution in [3.05, 3.63) is 71.0 Å². The molecule has 0 aliphatic rings. The fourth-order valence-corrected chi connectivity index (χ4v) is 2.39. The molecular weight excluding hydrogens is 446 g/mol. The number of nitrogens with one attached hydrogen (secondary N) is 3. The molecule has 0 aliphatic heterocycles. The van der Waals surface area contributed by atoms with E-state index in [9.17, 15) is 9.18 Å². The number of carbonyl (C=O) groups excluding carboxylic acids is 1. The van der Waals surface area contributed by atoms with Gasteiger partial charge in [-0.1, -0.05) is 24.3 Å². The molecule has 1 amide bonds. The minimum absolute atomic E-state index is 0. The van der Waals surface area contributed by atoms with Gasteiger partial charge in [-0.3, -0.25) is 9.79 Å². The molecule has 26 heavy (non-hydrogen) atoms. The Balaban J connectivity index is 0.00000338. The van der Waals surface area contributed by atoms with Gasteiger partial charge in [0.1, 0.15) is 5.82 Å². The Kier molecular flexibility index (Phi) is 9.64. The summed E-state index contributed by atoms with van der Waals surface area (Å²) >= 11 is 0. The number of rotatable bonds is 6. The predicted molar refractivity (Wildman–Crippen MR) is 114 cm³/mol. The molecule has 0 saturated carbocycles. The highest BCUT2D eigenvalue weighted by molar-refractivity contribution is 14.0. The Bertz CT molecular complexity index is 752. The molecule has 2 aromatic rings. The third-order valence-corrected chi connectivity index (χ3v) is 3.69. The number of benzene rings is 2. The number of amides is 1. The van der Waals surface area contributed by atoms with E-state index in [0.29, 0.717) is 24.6 Å². The second-order valence-electron chi connectivity index (χ2n) is 5.51. The Hall–Kier alpha value is -2.16. The smallest absolute Gasteiger partial charge is 0.251 e. The lowest BCUT2D eigenvalue weighted by molar-refractivity contribution is 0.0963. The van der Waals surface area contributed by atoms with Gasteiger partial charge in [0.2, 0.25) is 0 Å². The lowest BCUT2D eigenvalue weighted by Gasteiger charge is -2.12. The van der Waals surface area contributed by atoms with Crippen LogP contribution in [0, 0.1) is 5.82 Å². The zero-order valence-corrected chi connectivity index (χ0v) is 17.2. The fourth-order valence-electron chi connectivity index (χ4n) is 2.39. The third kappa shape index (κ3) is 6.99. The fraction of sp³-hybridized carbons (Fsp3) is 0.263. The van der Waals surface area contributed by atoms with Crippen LogP contribution < -0.4 is 16.0 Å². The normalized spacial score (nSPS) is 10.7. The number of carbonyl (C=O) groups is 1. The Morgan fingerprint density at radius 2 is 1.81 bits per heavy atom. The Morgan fingerprint density at radius 3 is 2.50 bits per heavy atom. The number of aliphatic imine (C=N–C) groups is 1. The molecular formula is C19H24FIN4O. The topological polar surface area (TPSA) is 65.5 Å². The van der Waals surface area contributed by atoms with E-state index >= 15 is 0 Å². The molecule has 0 aromatic heterocycles. The molecule has 0 radical (unpaired) electrons. The molecule has 3 N–H and O–H groups in total. The van der Waals surface area contributed by atoms with Gasteiger partial charge in [0, 0.05) is 32.7 Å². The van der Waals surface area contributed by atoms with Gasteiger partial charge in [0.15, 0.2) is 5.96 Å². The van der Waals surface area contributed by atoms with Crippen molar-refractivity contribution in [3.63, 3.8) is 0 Å². The SMILES string of the molecule is CN=C(NCCc1cccc(C(=O)NC)c1)NCc1cccc(F)c1.I. The summed E-state index contributed by atoms with van der Waals surface area (Å²) in [6, 6.07) is 14.0. The summed E-state index contributed by atoms with van der Waals surface area (Å²) in [5.41, 5.74) is 2.56. The summed E-state index contributed by atoms with van der Waals surface area (Å²) in [4.78, 5) is 15.8. The zero-order chi connectivity index (χ0) is 18.1. The van der Waals surface area contributed by atoms with Crippen LogP contribution in [0.5, 0.6) is 0 Å². The van der Waals surface area contributed by atoms with E-state index < -0.39 is 0 Å². The van der Waals surface area contributed by atoms with Gasteiger partial charge in [-0.2, -0.15) is 0 Å². The van der Waals surface area contributed by atoms with Gasteiger partial charge in [0.05, 0.1) is 0 Å². The van der Waals surface area contributed by atoms with Crippen LogP contribution in [0.25, 0.3) is 0 Å². The van der Waals surface area contributed by atoms with Gasteiger partial charge in [-0.25, -0.2) is 4.39 Å². The van der Waals surface area contributed by atoms with Crippen molar-refractivity contribution in [2.24, 2.45) is 4.99 Å². The van der Waals surface area contributed by atoms with Crippen molar-refractivity contribution in [1.29, 1.82) is 0 Å². The molecule has 0 saturated heterocycles. The lowest BCUT2D eigenvalue weighted by atomic mass is 10.1. The molecule has 7 heteroatoms. The quantitative estimate of drug-likeness (QED) is 0.346. The summed E-state index contributed by atoms with van der Waals surface area (Å²) in [5, 5.41) is 8.97. The number of halogens is 2. The maximum atomic E-state index is 13.2. The molecule has 0 unspecified atom stereocenters. The molecule has 0 atom stereocenters. The van der Waals surface area contributed by atoms with Crippen LogP contribution in [0.3, 0.4) is 0 Å². The third-order valence-electron chi connectivity index (χ3n) is 3.69. The monoisotopic (exact) mass is 470 g/mol. The second kappa shape index (κ2) is 11.5. The van der Waals surface area contributed by atoms with Crippen LogP contribution in [0.4, 0.5) is 4.39 Å². The van der Waals surface area contributed by atoms with Crippen LogP contribution in [0.15, 0.2) is 53.5 Å². The van der Waals surface area contributed by atoms with Gasteiger partial charge < -0.3 is 16.0 Å². The molecule has 0 spiro atoms. The molecule has 2 rings (SSSR count). The standard InChI is InChI=1S/C19H23FN4O.HI/c1-21-18(25)16-7-3-5-14(11-16)9-10-23-19(22-2)24-13-15-6-4-8-17(20)12-15;/h3-8,11-12H,9-10,13H2,1-2H3,(H,21,25)(H2,22,23,24);1H. The number of nitrogens with zero attached hydrogens (tertiary/aromatic N) is 1. The van der Waals surface area contributed by atoms with E-state index in [1.54, 1.807) is 26.2 Å². The molecule has 2 aromatic carbocycles. The summed E-state index contributed by atoms with van der Waals surface area (Å²) in [6.07, 6.45) is 0.755. The number of hydrogen-bond donors (Lipinski definition) is 3. The first-order chi connectivity index (χ1) is 12.1. The van der Waals surface area contributed by atoms with Gasteiger partial charge in [-0.05, 0) is 41.8 Å². The first-order valence-corrected chi connectivity index (χ1v) is 8.12. The second-order valence-corrected chi connectivity index (χ2v) is 5.51. The van der Waals surface area contributed by atoms with Gasteiger partial charge in [0.25, 0.3) is 5.91 Å². The molecule has 5 nitrogen and oxygen atoms in total. The highest BCUT2D eigenvalue weighted by Crippen LogP contribution is 2.06. The Morgan fingerprint density at radius 1 is 1.08 bits per heavy atom. The van der Waals surface area contributed by atoms with E-state index in [0.717, 1.165) is 17.5 Å². The first-order valence-electron chi connectivity index (χ1n) is 8.12. The maximum Gasteiger partial charge on any atom is 0.251 e. The summed E-state index contributed by atoms with van der Waals surface area (Å²) in [6.45, 7) is 1.16. The van der Waals surface area contributed by atoms with Crippen molar-refractivity contribution >= 4 is 35.8 Å². The van der Waals surface area contributed by atoms with Crippen molar-refractivity contribution in [1.82, 2.24) is 16.0 Å². The summed E-state index contributed by atoms with van der Waals surface area (Å²) in [5.74, 6) is 0.298. The van der Waals surface area contributed by atoms with E-state index in [1.807, 2.05) is 24.3 Å². The van der Waals surface area contributed by atoms with Gasteiger partial charge in [-0.15, -0.1) is 24.0 Å². The highest BCUT2D eigenvalue weighted by Gasteiger charge is 2.04. The molecule has 0 heterocycles. The zero-order valence-electron chi connectivity index (χ0n) is 14.9. The van der Waals surface area contributed by atoms with E-state index in [2.05, 4.69) is 20.9 Å². The van der Waals surface area contributed by atoms with E-state index in [4.69, 9.17) is 0 Å². The molecule has 140 valence electrons. The van der Waals surface area contributed by atoms with E-state index in [1.165, 1.54) is 12.1 Å². The minimum atomic E-state index is -0.252. The van der Waals surface area contributed by atoms with Gasteiger partial charge >= 0.3 is 0 Å². The summed E-state index contributed by atoms with van der Waals surface area (Å²) < 4.78 is 13.2. The van der Waals surface area contributed by atoms with Crippen molar-refractivity contribution in [2.75, 3.05) is 20.6 Å². The first kappa shape index (κ1) is 21.9. The number of guanidine groups is 1. The molecule has 0 aliphatic carbocycles. The van der Waals surface area contributed by atoms with Crippen LogP contribution in [-0.4, -0.2) is 32.5 Å². The van der Waals surface area contributed by atoms with Crippen molar-refractivity contribution < 1.29 is 9.18 Å². The van der Waals surface area contributed by atoms with Crippen molar-refractivity contribution in [2.45, 2.75) is 13.0 Å². The van der Waals surface area contributed by atoms with Crippen LogP contribution >= 0.6 is 24.0 Å². The minimum Gasteiger partial charge on any atom is -0.356 e. The molecule has 0 fully saturated rings. The average Bonchev–Trinajstić information content (AvgIpc) is 2.64. The number of hydrogen-bond acceptors (Lipinski definition) is 2. The van der Waals surface area contributed by atoms with Crippen LogP contribution in [0.2, 0.25) is 0 Å². The largest absolute Gasteiger partial charge is 0.356 e. The predicted octanol–water partition coefficient (Wildman–Crippen LogP) is 2.71. The van der Waals surface area contributed by atoms with Crippen LogP contribution in [-0.2, 0) is 13.0 Å². The Labute approximate surface area is 170 Å². The van der Waals surface area contributed by atoms with E-state index in [-0.39, 0.29) is 35.7 Å². The lowest BCUT2D eigenvalue weighted by Crippen LogP contribution is -2.37. The molecule has 0 bridgehead atoms. The van der Waals surface area contributed by atoms with Crippen LogP contribution in [0.1, 0.15) is 21.5 Å². The maximum absolute atomic E-state index is 13.2. The average molecular weight is 470 g/mol. The van der Waals surface area contributed by atoms with Crippen molar-refractivity contribution in [3.8, 4) is 0 Å².